The highest BCUT2D eigenvalue weighted by molar-refractivity contribution is 5.61. The lowest BCUT2D eigenvalue weighted by atomic mass is 10.3. The number of nitrogens with zero attached hydrogens (tertiary/aromatic N) is 2. The largest absolute Gasteiger partial charge is 0.378 e. The van der Waals surface area contributed by atoms with E-state index in [0.717, 1.165) is 32.0 Å². The van der Waals surface area contributed by atoms with Gasteiger partial charge in [0.25, 0.3) is 0 Å². The smallest absolute Gasteiger partial charge is 0.0913 e. The van der Waals surface area contributed by atoms with Gasteiger partial charge >= 0.3 is 0 Å². The van der Waals surface area contributed by atoms with E-state index in [9.17, 15) is 0 Å². The zero-order valence-corrected chi connectivity index (χ0v) is 8.10. The summed E-state index contributed by atoms with van der Waals surface area (Å²) in [6.45, 7) is 3.49. The number of morpholine rings is 1. The lowest BCUT2D eigenvalue weighted by molar-refractivity contribution is 0.0701. The maximum Gasteiger partial charge on any atom is 0.0913 e. The van der Waals surface area contributed by atoms with E-state index in [2.05, 4.69) is 9.89 Å². The SMILES string of the molecule is C(=Nc1ccccc1)N1CCOCC1. The molecule has 0 radical (unpaired) electrons. The molecule has 0 N–H and O–H groups in total. The number of ether oxygens (including phenoxy) is 1. The maximum atomic E-state index is 5.25. The fourth-order valence-corrected chi connectivity index (χ4v) is 1.36. The van der Waals surface area contributed by atoms with Gasteiger partial charge in [0.1, 0.15) is 0 Å². The Morgan fingerprint density at radius 3 is 2.57 bits per heavy atom. The molecule has 74 valence electrons. The number of para-hydroxylation sites is 1. The number of aliphatic imine (C=N–C) groups is 1. The molecule has 1 aliphatic heterocycles. The van der Waals surface area contributed by atoms with Crippen molar-refractivity contribution in [1.82, 2.24) is 4.90 Å². The van der Waals surface area contributed by atoms with Crippen LogP contribution >= 0.6 is 0 Å². The van der Waals surface area contributed by atoms with Crippen molar-refractivity contribution in [2.45, 2.75) is 0 Å². The molecule has 0 atom stereocenters. The lowest BCUT2D eigenvalue weighted by Crippen LogP contribution is -2.34. The Balaban J connectivity index is 1.93. The Morgan fingerprint density at radius 1 is 1.14 bits per heavy atom. The lowest BCUT2D eigenvalue weighted by Gasteiger charge is -2.24. The van der Waals surface area contributed by atoms with Gasteiger partial charge in [0.05, 0.1) is 25.2 Å². The summed E-state index contributed by atoms with van der Waals surface area (Å²) in [5, 5.41) is 0. The first-order valence-electron chi connectivity index (χ1n) is 4.86. The summed E-state index contributed by atoms with van der Waals surface area (Å²) in [6.07, 6.45) is 1.90. The summed E-state index contributed by atoms with van der Waals surface area (Å²) < 4.78 is 5.25. The molecule has 14 heavy (non-hydrogen) atoms. The topological polar surface area (TPSA) is 24.8 Å². The van der Waals surface area contributed by atoms with Crippen LogP contribution in [-0.4, -0.2) is 37.5 Å². The first-order chi connectivity index (χ1) is 6.95. The third kappa shape index (κ3) is 2.57. The zero-order chi connectivity index (χ0) is 9.64. The molecule has 1 fully saturated rings. The van der Waals surface area contributed by atoms with Crippen LogP contribution in [0, 0.1) is 0 Å². The van der Waals surface area contributed by atoms with Crippen LogP contribution in [0.25, 0.3) is 0 Å². The molecule has 0 spiro atoms. The minimum Gasteiger partial charge on any atom is -0.378 e. The zero-order valence-electron chi connectivity index (χ0n) is 8.10. The number of benzene rings is 1. The van der Waals surface area contributed by atoms with E-state index < -0.39 is 0 Å². The van der Waals surface area contributed by atoms with Gasteiger partial charge in [-0.3, -0.25) is 0 Å². The summed E-state index contributed by atoms with van der Waals surface area (Å²) >= 11 is 0. The van der Waals surface area contributed by atoms with Crippen molar-refractivity contribution in [2.24, 2.45) is 4.99 Å². The molecule has 3 heteroatoms. The standard InChI is InChI=1S/C11H14N2O/c1-2-4-11(5-3-1)12-10-13-6-8-14-9-7-13/h1-5,10H,6-9H2. The predicted octanol–water partition coefficient (Wildman–Crippen LogP) is 1.68. The average Bonchev–Trinajstić information content (AvgIpc) is 2.29. The van der Waals surface area contributed by atoms with Crippen LogP contribution in [0.15, 0.2) is 35.3 Å². The molecule has 2 rings (SSSR count). The second kappa shape index (κ2) is 4.77. The Labute approximate surface area is 84.0 Å². The van der Waals surface area contributed by atoms with Gasteiger partial charge in [-0.15, -0.1) is 0 Å². The van der Waals surface area contributed by atoms with Crippen molar-refractivity contribution in [1.29, 1.82) is 0 Å². The van der Waals surface area contributed by atoms with E-state index in [1.54, 1.807) is 0 Å². The van der Waals surface area contributed by atoms with Crippen LogP contribution in [0.3, 0.4) is 0 Å². The van der Waals surface area contributed by atoms with Crippen LogP contribution in [0.4, 0.5) is 5.69 Å². The van der Waals surface area contributed by atoms with Crippen molar-refractivity contribution in [3.05, 3.63) is 30.3 Å². The Morgan fingerprint density at radius 2 is 1.86 bits per heavy atom. The van der Waals surface area contributed by atoms with Gasteiger partial charge in [-0.25, -0.2) is 4.99 Å². The van der Waals surface area contributed by atoms with Crippen LogP contribution in [0.2, 0.25) is 0 Å². The monoisotopic (exact) mass is 190 g/mol. The van der Waals surface area contributed by atoms with E-state index in [1.807, 2.05) is 36.7 Å². The highest BCUT2D eigenvalue weighted by Gasteiger charge is 2.05. The summed E-state index contributed by atoms with van der Waals surface area (Å²) in [6, 6.07) is 9.97. The van der Waals surface area contributed by atoms with Gasteiger partial charge in [0.15, 0.2) is 0 Å². The highest BCUT2D eigenvalue weighted by Crippen LogP contribution is 2.08. The molecule has 1 heterocycles. The minimum absolute atomic E-state index is 0.806. The quantitative estimate of drug-likeness (QED) is 0.523. The molecule has 0 bridgehead atoms. The Bertz CT molecular complexity index is 291. The van der Waals surface area contributed by atoms with Crippen molar-refractivity contribution < 1.29 is 4.74 Å². The van der Waals surface area contributed by atoms with Gasteiger partial charge in [0.2, 0.25) is 0 Å². The molecular weight excluding hydrogens is 176 g/mol. The van der Waals surface area contributed by atoms with E-state index in [4.69, 9.17) is 4.74 Å². The number of hydrogen-bond donors (Lipinski definition) is 0. The molecule has 0 aliphatic carbocycles. The summed E-state index contributed by atoms with van der Waals surface area (Å²) in [5.41, 5.74) is 0.999. The molecule has 3 nitrogen and oxygen atoms in total. The van der Waals surface area contributed by atoms with Crippen molar-refractivity contribution in [3.63, 3.8) is 0 Å². The molecule has 1 aromatic carbocycles. The molecular formula is C11H14N2O. The van der Waals surface area contributed by atoms with E-state index >= 15 is 0 Å². The second-order valence-electron chi connectivity index (χ2n) is 3.23. The molecule has 0 unspecified atom stereocenters. The molecule has 0 saturated carbocycles. The third-order valence-electron chi connectivity index (χ3n) is 2.17. The van der Waals surface area contributed by atoms with Gasteiger partial charge in [0, 0.05) is 13.1 Å². The Hall–Kier alpha value is -1.35. The molecule has 0 amide bonds. The van der Waals surface area contributed by atoms with Crippen LogP contribution in [-0.2, 0) is 4.74 Å². The first kappa shape index (κ1) is 9.21. The number of hydrogen-bond acceptors (Lipinski definition) is 2. The average molecular weight is 190 g/mol. The summed E-state index contributed by atoms with van der Waals surface area (Å²) in [5.74, 6) is 0. The van der Waals surface area contributed by atoms with Gasteiger partial charge in [-0.2, -0.15) is 0 Å². The van der Waals surface area contributed by atoms with Gasteiger partial charge in [-0.1, -0.05) is 18.2 Å². The van der Waals surface area contributed by atoms with Crippen molar-refractivity contribution in [2.75, 3.05) is 26.3 Å². The van der Waals surface area contributed by atoms with Crippen LogP contribution in [0.5, 0.6) is 0 Å². The molecule has 1 aromatic rings. The second-order valence-corrected chi connectivity index (χ2v) is 3.23. The third-order valence-corrected chi connectivity index (χ3v) is 2.17. The normalized spacial score (nSPS) is 17.6. The van der Waals surface area contributed by atoms with Gasteiger partial charge in [-0.05, 0) is 12.1 Å². The van der Waals surface area contributed by atoms with E-state index in [0.29, 0.717) is 0 Å². The fourth-order valence-electron chi connectivity index (χ4n) is 1.36. The summed E-state index contributed by atoms with van der Waals surface area (Å²) in [4.78, 5) is 6.55. The van der Waals surface area contributed by atoms with Crippen LogP contribution < -0.4 is 0 Å². The first-order valence-corrected chi connectivity index (χ1v) is 4.86. The van der Waals surface area contributed by atoms with Crippen molar-refractivity contribution in [3.8, 4) is 0 Å². The molecule has 1 saturated heterocycles. The molecule has 0 aromatic heterocycles. The van der Waals surface area contributed by atoms with E-state index in [1.165, 1.54) is 0 Å². The van der Waals surface area contributed by atoms with E-state index in [-0.39, 0.29) is 0 Å². The minimum atomic E-state index is 0.806. The maximum absolute atomic E-state index is 5.25. The van der Waals surface area contributed by atoms with Crippen LogP contribution in [0.1, 0.15) is 0 Å². The fraction of sp³-hybridized carbons (Fsp3) is 0.364. The predicted molar refractivity (Wildman–Crippen MR) is 57.0 cm³/mol. The summed E-state index contributed by atoms with van der Waals surface area (Å²) in [7, 11) is 0. The number of rotatable bonds is 2. The highest BCUT2D eigenvalue weighted by atomic mass is 16.5. The van der Waals surface area contributed by atoms with Gasteiger partial charge < -0.3 is 9.64 Å². The molecule has 1 aliphatic rings. The van der Waals surface area contributed by atoms with Crippen molar-refractivity contribution >= 4 is 12.0 Å². The Kier molecular flexibility index (Phi) is 3.14.